The molecule has 50 heavy (non-hydrogen) atoms. The maximum Gasteiger partial charge on any atom is 0.416 e. The molecule has 2 aliphatic rings. The highest BCUT2D eigenvalue weighted by atomic mass is 19.4. The molecule has 2 aliphatic heterocycles. The molecule has 4 aromatic rings. The lowest BCUT2D eigenvalue weighted by molar-refractivity contribution is -0.137. The van der Waals surface area contributed by atoms with Crippen molar-refractivity contribution in [2.45, 2.75) is 51.4 Å². The van der Waals surface area contributed by atoms with Gasteiger partial charge in [-0.3, -0.25) is 4.79 Å². The van der Waals surface area contributed by atoms with Gasteiger partial charge in [0.2, 0.25) is 5.91 Å². The third kappa shape index (κ3) is 7.83. The molecule has 6 rings (SSSR count). The summed E-state index contributed by atoms with van der Waals surface area (Å²) in [4.78, 5) is 20.8. The monoisotopic (exact) mass is 685 g/mol. The largest absolute Gasteiger partial charge is 0.416 e. The molecule has 0 aliphatic carbocycles. The highest BCUT2D eigenvalue weighted by Crippen LogP contribution is 2.37. The highest BCUT2D eigenvalue weighted by Gasteiger charge is 2.32. The number of aryl methyl sites for hydroxylation is 1. The van der Waals surface area contributed by atoms with Crippen molar-refractivity contribution in [3.05, 3.63) is 143 Å². The van der Waals surface area contributed by atoms with Crippen molar-refractivity contribution in [1.82, 2.24) is 9.80 Å². The van der Waals surface area contributed by atoms with Crippen LogP contribution in [0.2, 0.25) is 0 Å². The molecule has 2 heterocycles. The van der Waals surface area contributed by atoms with Gasteiger partial charge in [-0.05, 0) is 90.4 Å². The Morgan fingerprint density at radius 3 is 2.18 bits per heavy atom. The number of allylic oxidation sites excluding steroid dienone is 3. The summed E-state index contributed by atoms with van der Waals surface area (Å²) in [6, 6.07) is 24.6. The molecule has 0 radical (unpaired) electrons. The summed E-state index contributed by atoms with van der Waals surface area (Å²) in [6.45, 7) is 9.51. The van der Waals surface area contributed by atoms with Crippen LogP contribution in [0.5, 0.6) is 0 Å². The van der Waals surface area contributed by atoms with Crippen molar-refractivity contribution in [2.24, 2.45) is 0 Å². The second-order valence-electron chi connectivity index (χ2n) is 12.9. The summed E-state index contributed by atoms with van der Waals surface area (Å²) in [5.74, 6) is -1.81. The molecule has 4 aromatic carbocycles. The number of hydrogen-bond donors (Lipinski definition) is 0. The number of nitrogens with zero attached hydrogens (tertiary/aromatic N) is 3. The average molecular weight is 686 g/mol. The van der Waals surface area contributed by atoms with Crippen molar-refractivity contribution in [3.8, 4) is 11.1 Å². The van der Waals surface area contributed by atoms with E-state index in [1.54, 1.807) is 6.07 Å². The normalized spacial score (nSPS) is 15.5. The van der Waals surface area contributed by atoms with Gasteiger partial charge in [0.15, 0.2) is 11.6 Å². The Hall–Kier alpha value is -4.76. The van der Waals surface area contributed by atoms with Crippen LogP contribution in [0.15, 0.2) is 109 Å². The minimum Gasteiger partial charge on any atom is -0.335 e. The lowest BCUT2D eigenvalue weighted by atomic mass is 9.95. The Balaban J connectivity index is 1.25. The fourth-order valence-electron chi connectivity index (χ4n) is 6.94. The molecule has 0 N–H and O–H groups in total. The Morgan fingerprint density at radius 2 is 1.52 bits per heavy atom. The van der Waals surface area contributed by atoms with Crippen molar-refractivity contribution >= 4 is 17.2 Å². The van der Waals surface area contributed by atoms with E-state index in [1.807, 2.05) is 64.4 Å². The number of carbonyl (C=O) groups excluding carboxylic acids is 1. The van der Waals surface area contributed by atoms with Gasteiger partial charge in [0, 0.05) is 42.6 Å². The van der Waals surface area contributed by atoms with Crippen molar-refractivity contribution < 1.29 is 26.7 Å². The number of amides is 1. The molecular weight excluding hydrogens is 645 g/mol. The number of hydrogen-bond acceptors (Lipinski definition) is 3. The van der Waals surface area contributed by atoms with Gasteiger partial charge in [-0.1, -0.05) is 80.2 Å². The molecule has 0 atom stereocenters. The molecule has 1 fully saturated rings. The van der Waals surface area contributed by atoms with Gasteiger partial charge in [0.05, 0.1) is 5.56 Å². The molecule has 1 amide bonds. The van der Waals surface area contributed by atoms with Crippen LogP contribution >= 0.6 is 0 Å². The topological polar surface area (TPSA) is 26.8 Å². The number of halogens is 5. The molecule has 0 saturated carbocycles. The molecule has 0 aromatic heterocycles. The van der Waals surface area contributed by atoms with E-state index in [9.17, 15) is 26.7 Å². The van der Waals surface area contributed by atoms with Gasteiger partial charge < -0.3 is 14.7 Å². The Kier molecular flexibility index (Phi) is 10.5. The number of para-hydroxylation sites is 1. The first kappa shape index (κ1) is 35.1. The van der Waals surface area contributed by atoms with Crippen molar-refractivity contribution in [2.75, 3.05) is 31.1 Å². The summed E-state index contributed by atoms with van der Waals surface area (Å²) >= 11 is 0. The van der Waals surface area contributed by atoms with Crippen molar-refractivity contribution in [1.29, 1.82) is 0 Å². The molecular formula is C41H40F5N3O. The van der Waals surface area contributed by atoms with E-state index in [1.165, 1.54) is 18.2 Å². The Labute approximate surface area is 290 Å². The Bertz CT molecular complexity index is 1860. The SMILES string of the molecule is C=C1C=C(CCc2cccc(F)c2F)N(CC(=O)N(Cc2ccc(-c3ccc(C(F)(F)F)cc3)cc2)C2CCN(CC)CC2)c2ccccc21. The third-order valence-electron chi connectivity index (χ3n) is 9.82. The quantitative estimate of drug-likeness (QED) is 0.156. The van der Waals surface area contributed by atoms with Gasteiger partial charge in [0.1, 0.15) is 6.54 Å². The number of fused-ring (bicyclic) bond motifs is 1. The predicted octanol–water partition coefficient (Wildman–Crippen LogP) is 9.51. The number of rotatable bonds is 10. The van der Waals surface area contributed by atoms with Gasteiger partial charge in [0.25, 0.3) is 0 Å². The number of likely N-dealkylation sites (tertiary alicyclic amines) is 1. The standard InChI is InChI=1S/C41H40F5N3O/c1-3-47-23-21-34(22-24-47)49(26-29-11-13-30(14-12-29)31-15-18-33(19-16-31)41(44,45)46)39(50)27-48-35(20-17-32-7-6-9-37(42)40(32)43)25-28(2)36-8-4-5-10-38(36)48/h4-16,18-19,25,34H,2-3,17,20-24,26-27H2,1H3. The summed E-state index contributed by atoms with van der Waals surface area (Å²) in [5.41, 5.74) is 5.28. The van der Waals surface area contributed by atoms with E-state index in [-0.39, 0.29) is 30.5 Å². The molecule has 9 heteroatoms. The van der Waals surface area contributed by atoms with E-state index >= 15 is 0 Å². The van der Waals surface area contributed by atoms with E-state index in [4.69, 9.17) is 0 Å². The molecule has 260 valence electrons. The fraction of sp³-hybridized carbons (Fsp3) is 0.293. The van der Waals surface area contributed by atoms with Gasteiger partial charge in [-0.25, -0.2) is 8.78 Å². The lowest BCUT2D eigenvalue weighted by Crippen LogP contribution is -2.50. The number of carbonyl (C=O) groups is 1. The smallest absolute Gasteiger partial charge is 0.335 e. The third-order valence-corrected chi connectivity index (χ3v) is 9.82. The first-order valence-corrected chi connectivity index (χ1v) is 17.0. The van der Waals surface area contributed by atoms with Gasteiger partial charge in [-0.2, -0.15) is 13.2 Å². The van der Waals surface area contributed by atoms with Crippen LogP contribution in [-0.2, 0) is 23.9 Å². The number of piperidine rings is 1. The molecule has 0 unspecified atom stereocenters. The first-order chi connectivity index (χ1) is 24.0. The highest BCUT2D eigenvalue weighted by molar-refractivity contribution is 5.90. The number of alkyl halides is 3. The average Bonchev–Trinajstić information content (AvgIpc) is 3.12. The zero-order chi connectivity index (χ0) is 35.4. The Morgan fingerprint density at radius 1 is 0.860 bits per heavy atom. The van der Waals surface area contributed by atoms with E-state index in [0.717, 1.165) is 84.3 Å². The summed E-state index contributed by atoms with van der Waals surface area (Å²) in [6.07, 6.45) is -0.180. The summed E-state index contributed by atoms with van der Waals surface area (Å²) in [5, 5.41) is 0. The van der Waals surface area contributed by atoms with Crippen LogP contribution < -0.4 is 4.90 Å². The van der Waals surface area contributed by atoms with Crippen LogP contribution in [0.3, 0.4) is 0 Å². The van der Waals surface area contributed by atoms with E-state index in [0.29, 0.717) is 18.5 Å². The van der Waals surface area contributed by atoms with Gasteiger partial charge in [-0.15, -0.1) is 0 Å². The number of benzene rings is 4. The minimum atomic E-state index is -4.40. The van der Waals surface area contributed by atoms with Crippen LogP contribution in [0.25, 0.3) is 16.7 Å². The summed E-state index contributed by atoms with van der Waals surface area (Å²) in [7, 11) is 0. The van der Waals surface area contributed by atoms with E-state index < -0.39 is 23.4 Å². The summed E-state index contributed by atoms with van der Waals surface area (Å²) < 4.78 is 67.8. The van der Waals surface area contributed by atoms with Crippen LogP contribution in [0, 0.1) is 11.6 Å². The second-order valence-corrected chi connectivity index (χ2v) is 12.9. The molecule has 0 bridgehead atoms. The lowest BCUT2D eigenvalue weighted by Gasteiger charge is -2.40. The minimum absolute atomic E-state index is 0.0173. The zero-order valence-corrected chi connectivity index (χ0v) is 28.0. The van der Waals surface area contributed by atoms with Crippen LogP contribution in [0.1, 0.15) is 48.4 Å². The first-order valence-electron chi connectivity index (χ1n) is 17.0. The van der Waals surface area contributed by atoms with Crippen LogP contribution in [0.4, 0.5) is 27.6 Å². The number of anilines is 1. The molecule has 0 spiro atoms. The molecule has 1 saturated heterocycles. The van der Waals surface area contributed by atoms with E-state index in [2.05, 4.69) is 18.4 Å². The maximum absolute atomic E-state index is 14.6. The predicted molar refractivity (Wildman–Crippen MR) is 188 cm³/mol. The zero-order valence-electron chi connectivity index (χ0n) is 28.0. The second kappa shape index (κ2) is 15.0. The molecule has 4 nitrogen and oxygen atoms in total. The fourth-order valence-corrected chi connectivity index (χ4v) is 6.94. The van der Waals surface area contributed by atoms with Gasteiger partial charge >= 0.3 is 6.18 Å². The van der Waals surface area contributed by atoms with Crippen molar-refractivity contribution in [3.63, 3.8) is 0 Å². The van der Waals surface area contributed by atoms with Crippen LogP contribution in [-0.4, -0.2) is 47.9 Å². The maximum atomic E-state index is 14.6.